The van der Waals surface area contributed by atoms with E-state index in [2.05, 4.69) is 49.4 Å². The van der Waals surface area contributed by atoms with E-state index < -0.39 is 21.8 Å². The molecule has 3 spiro atoms. The second kappa shape index (κ2) is 28.4. The van der Waals surface area contributed by atoms with Gasteiger partial charge in [0.1, 0.15) is 39.3 Å². The van der Waals surface area contributed by atoms with Crippen molar-refractivity contribution in [2.45, 2.75) is 258 Å². The number of unbranched alkanes of at least 4 members (excludes halogenated alkanes) is 3. The van der Waals surface area contributed by atoms with E-state index in [-0.39, 0.29) is 48.2 Å². The summed E-state index contributed by atoms with van der Waals surface area (Å²) in [6, 6.07) is 5.77. The Kier molecular flexibility index (Phi) is 19.8. The molecule has 0 unspecified atom stereocenters. The normalized spacial score (nSPS) is 18.5. The van der Waals surface area contributed by atoms with E-state index in [1.165, 1.54) is 72.7 Å². The summed E-state index contributed by atoms with van der Waals surface area (Å²) >= 11 is 0. The minimum Gasteiger partial charge on any atom is -0.447 e. The first kappa shape index (κ1) is 69.8. The maximum Gasteiger partial charge on any atom is 0.410 e. The number of nitrogens with zero attached hydrogens (tertiary/aromatic N) is 15. The maximum atomic E-state index is 13.9. The van der Waals surface area contributed by atoms with Crippen molar-refractivity contribution in [2.75, 3.05) is 54.0 Å². The number of carbonyl (C=O) groups excluding carboxylic acids is 6. The van der Waals surface area contributed by atoms with Crippen LogP contribution < -0.4 is 14.7 Å². The van der Waals surface area contributed by atoms with E-state index >= 15 is 0 Å². The summed E-state index contributed by atoms with van der Waals surface area (Å²) in [6.45, 7) is 25.6. The number of pyridine rings is 3. The van der Waals surface area contributed by atoms with Gasteiger partial charge in [0.25, 0.3) is 0 Å². The number of hydrogen-bond donors (Lipinski definition) is 0. The Labute approximate surface area is 587 Å². The number of imidazole rings is 3. The molecule has 100 heavy (non-hydrogen) atoms. The van der Waals surface area contributed by atoms with Gasteiger partial charge in [0.2, 0.25) is 17.7 Å². The van der Waals surface area contributed by atoms with Crippen molar-refractivity contribution in [2.24, 2.45) is 0 Å². The van der Waals surface area contributed by atoms with Crippen LogP contribution >= 0.6 is 0 Å². The van der Waals surface area contributed by atoms with Gasteiger partial charge in [0.15, 0.2) is 0 Å². The molecule has 3 saturated heterocycles. The number of likely N-dealkylation sites (tertiary alicyclic amines) is 3. The van der Waals surface area contributed by atoms with Crippen LogP contribution in [0.15, 0.2) is 55.4 Å². The number of ether oxygens (including phenoxy) is 3. The molecule has 6 aromatic heterocycles. The van der Waals surface area contributed by atoms with Gasteiger partial charge in [-0.2, -0.15) is 0 Å². The lowest BCUT2D eigenvalue weighted by Crippen LogP contribution is -2.65. The number of carbonyl (C=O) groups is 6. The van der Waals surface area contributed by atoms with Gasteiger partial charge in [-0.3, -0.25) is 29.3 Å². The lowest BCUT2D eigenvalue weighted by Gasteiger charge is -2.46. The van der Waals surface area contributed by atoms with E-state index in [1.807, 2.05) is 81.4 Å². The van der Waals surface area contributed by atoms with E-state index in [0.717, 1.165) is 148 Å². The van der Waals surface area contributed by atoms with Crippen LogP contribution in [0.1, 0.15) is 215 Å². The van der Waals surface area contributed by atoms with Crippen LogP contribution in [0.25, 0.3) is 0 Å². The highest BCUT2D eigenvalue weighted by molar-refractivity contribution is 6.11. The molecule has 12 heterocycles. The molecule has 15 rings (SSSR count). The van der Waals surface area contributed by atoms with E-state index in [0.29, 0.717) is 58.9 Å². The average molecular weight is 1370 g/mol. The second-order valence-corrected chi connectivity index (χ2v) is 30.4. The Balaban J connectivity index is 0.000000134. The highest BCUT2D eigenvalue weighted by atomic mass is 16.6. The maximum absolute atomic E-state index is 13.9. The van der Waals surface area contributed by atoms with E-state index in [1.54, 1.807) is 51.9 Å². The quantitative estimate of drug-likeness (QED) is 0.0771. The van der Waals surface area contributed by atoms with Gasteiger partial charge < -0.3 is 57.3 Å². The number of aromatic nitrogens is 9. The van der Waals surface area contributed by atoms with Crippen LogP contribution in [0, 0.1) is 0 Å². The molecule has 6 aromatic rings. The first-order valence-corrected chi connectivity index (χ1v) is 37.0. The summed E-state index contributed by atoms with van der Waals surface area (Å²) in [6.07, 6.45) is 29.1. The molecule has 3 fully saturated rings. The lowest BCUT2D eigenvalue weighted by molar-refractivity contribution is -0.129. The molecule has 0 saturated carbocycles. The van der Waals surface area contributed by atoms with Crippen molar-refractivity contribution in [1.82, 2.24) is 58.3 Å². The molecule has 534 valence electrons. The zero-order chi connectivity index (χ0) is 70.4. The molecule has 0 atom stereocenters. The van der Waals surface area contributed by atoms with Crippen molar-refractivity contribution in [3.63, 3.8) is 0 Å². The summed E-state index contributed by atoms with van der Waals surface area (Å²) in [5.41, 5.74) is 10.3. The highest BCUT2D eigenvalue weighted by Gasteiger charge is 2.63. The van der Waals surface area contributed by atoms with Gasteiger partial charge in [0, 0.05) is 94.6 Å². The fraction of sp³-hybridized carbons (Fsp3) is 0.605. The Morgan fingerprint density at radius 3 is 1.02 bits per heavy atom. The smallest absolute Gasteiger partial charge is 0.410 e. The number of aryl methyl sites for hydroxylation is 3. The molecule has 3 aliphatic carbocycles. The zero-order valence-corrected chi connectivity index (χ0v) is 60.4. The van der Waals surface area contributed by atoms with Crippen molar-refractivity contribution >= 4 is 53.1 Å². The van der Waals surface area contributed by atoms with Crippen LogP contribution in [-0.4, -0.2) is 151 Å². The topological polar surface area (TPSA) is 242 Å². The van der Waals surface area contributed by atoms with Gasteiger partial charge in [0.05, 0.1) is 84.6 Å². The van der Waals surface area contributed by atoms with Crippen molar-refractivity contribution in [3.05, 3.63) is 124 Å². The summed E-state index contributed by atoms with van der Waals surface area (Å²) in [5.74, 6) is 2.98. The van der Waals surface area contributed by atoms with Crippen molar-refractivity contribution in [1.29, 1.82) is 0 Å². The standard InChI is InChI=1S/C26H35N5O3.2C25H33N5O3/c1-5-6-13-30-20-10-8-7-9-19(20)28-22(30)15-31-21-14-27-12-11-18(21)26(23(31)32)16-29(17-26)24(33)34-25(2,3)4;2*1-4-5-12-29-20-9-7-6-8-19(20)27-22(29)14-30-21-13-26-11-10-18(21)25(23(30)31)15-28(16-25)24(32)33-17(2)3/h11-12,14H,5-10,13,15-17H2,1-4H3;2*10-11,13,17H,4-9,12,14-16H2,1-3H3. The predicted molar refractivity (Wildman–Crippen MR) is 377 cm³/mol. The number of rotatable bonds is 17. The van der Waals surface area contributed by atoms with Crippen LogP contribution in [0.2, 0.25) is 0 Å². The van der Waals surface area contributed by atoms with Gasteiger partial charge in [-0.1, -0.05) is 40.0 Å². The van der Waals surface area contributed by atoms with Gasteiger partial charge >= 0.3 is 18.3 Å². The summed E-state index contributed by atoms with van der Waals surface area (Å²) in [4.78, 5) is 117. The number of amides is 6. The Bertz CT molecular complexity index is 3900. The highest BCUT2D eigenvalue weighted by Crippen LogP contribution is 2.51. The monoisotopic (exact) mass is 1370 g/mol. The molecular weight excluding hydrogens is 1270 g/mol. The van der Waals surface area contributed by atoms with E-state index in [4.69, 9.17) is 29.2 Å². The third kappa shape index (κ3) is 12.9. The number of fused-ring (bicyclic) bond motifs is 9. The van der Waals surface area contributed by atoms with Crippen molar-refractivity contribution in [3.8, 4) is 0 Å². The fourth-order valence-corrected chi connectivity index (χ4v) is 16.4. The Morgan fingerprint density at radius 2 is 0.740 bits per heavy atom. The third-order valence-corrected chi connectivity index (χ3v) is 21.4. The minimum absolute atomic E-state index is 0.0262. The van der Waals surface area contributed by atoms with E-state index in [9.17, 15) is 28.8 Å². The molecule has 0 bridgehead atoms. The minimum atomic E-state index is -0.727. The number of hydrogen-bond acceptors (Lipinski definition) is 15. The fourth-order valence-electron chi connectivity index (χ4n) is 16.4. The first-order valence-electron chi connectivity index (χ1n) is 37.0. The molecule has 0 N–H and O–H groups in total. The predicted octanol–water partition coefficient (Wildman–Crippen LogP) is 11.2. The Hall–Kier alpha value is -8.70. The number of anilines is 3. The van der Waals surface area contributed by atoms with Gasteiger partial charge in [-0.15, -0.1) is 0 Å². The summed E-state index contributed by atoms with van der Waals surface area (Å²) in [5, 5.41) is 0. The largest absolute Gasteiger partial charge is 0.447 e. The molecule has 24 nitrogen and oxygen atoms in total. The SMILES string of the molecule is CCCCn1c(CN2C(=O)C3(CN(C(=O)OC(C)(C)C)C3)c3ccncc32)nc2c1CCCC2.CCCCn1c(CN2C(=O)C3(CN(C(=O)OC(C)C)C3)c3ccncc32)nc2c1CCCC2.CCCCn1c(CN2C(=O)C3(CN(C(=O)OC(C)C)C3)c3ccncc32)nc2c1CCCC2. The Morgan fingerprint density at radius 1 is 0.450 bits per heavy atom. The van der Waals surface area contributed by atoms with Crippen LogP contribution in [0.5, 0.6) is 0 Å². The van der Waals surface area contributed by atoms with Crippen molar-refractivity contribution < 1.29 is 43.0 Å². The molecule has 6 amide bonds. The summed E-state index contributed by atoms with van der Waals surface area (Å²) < 4.78 is 23.3. The molecule has 0 aromatic carbocycles. The van der Waals surface area contributed by atoms with Gasteiger partial charge in [-0.25, -0.2) is 29.3 Å². The van der Waals surface area contributed by atoms with Crippen LogP contribution in [0.4, 0.5) is 31.4 Å². The molecule has 0 radical (unpaired) electrons. The van der Waals surface area contributed by atoms with Crippen LogP contribution in [0.3, 0.4) is 0 Å². The lowest BCUT2D eigenvalue weighted by atomic mass is 9.75. The first-order chi connectivity index (χ1) is 48.1. The molecule has 24 heteroatoms. The molecule has 6 aliphatic heterocycles. The van der Waals surface area contributed by atoms with Gasteiger partial charge in [-0.05, 0) is 180 Å². The third-order valence-electron chi connectivity index (χ3n) is 21.4. The second-order valence-electron chi connectivity index (χ2n) is 30.4. The molecular formula is C76H101N15O9. The summed E-state index contributed by atoms with van der Waals surface area (Å²) in [7, 11) is 0. The average Bonchev–Trinajstić information content (AvgIpc) is 1.55. The van der Waals surface area contributed by atoms with Crippen LogP contribution in [-0.2, 0) is 123 Å². The molecule has 9 aliphatic rings. The zero-order valence-electron chi connectivity index (χ0n) is 60.4.